The molecule has 1 heteroatoms. The molecule has 136 valence electrons. The van der Waals surface area contributed by atoms with Crippen molar-refractivity contribution >= 4 is 11.3 Å². The van der Waals surface area contributed by atoms with E-state index in [1.807, 2.05) is 27.7 Å². The number of rotatable bonds is 0. The van der Waals surface area contributed by atoms with E-state index in [1.54, 1.807) is 16.9 Å². The topological polar surface area (TPSA) is 0 Å². The van der Waals surface area contributed by atoms with Crippen LogP contribution in [0.1, 0.15) is 88.6 Å². The minimum atomic E-state index is 0. The van der Waals surface area contributed by atoms with Gasteiger partial charge < -0.3 is 0 Å². The molecule has 0 amide bonds. The van der Waals surface area contributed by atoms with Crippen molar-refractivity contribution in [2.75, 3.05) is 0 Å². The molecule has 0 bridgehead atoms. The molecule has 0 fully saturated rings. The van der Waals surface area contributed by atoms with E-state index in [1.165, 1.54) is 5.56 Å². The summed E-state index contributed by atoms with van der Waals surface area (Å²) in [7, 11) is 0. The third kappa shape index (κ3) is 12.3. The molecule has 0 saturated carbocycles. The summed E-state index contributed by atoms with van der Waals surface area (Å²) >= 11 is 1.77. The van der Waals surface area contributed by atoms with Crippen molar-refractivity contribution in [1.82, 2.24) is 0 Å². The number of hydrogen-bond acceptors (Lipinski definition) is 1. The van der Waals surface area contributed by atoms with Gasteiger partial charge in [-0.1, -0.05) is 100 Å². The number of allylic oxidation sites excluding steroid dienone is 4. The summed E-state index contributed by atoms with van der Waals surface area (Å²) in [5.74, 6) is 0. The summed E-state index contributed by atoms with van der Waals surface area (Å²) in [4.78, 5) is 0. The molecule has 0 atom stereocenters. The molecular weight excluding hydrogens is 296 g/mol. The van der Waals surface area contributed by atoms with E-state index >= 15 is 0 Å². The molecule has 1 aromatic rings. The van der Waals surface area contributed by atoms with Gasteiger partial charge in [0.05, 0.1) is 0 Å². The fourth-order valence-corrected chi connectivity index (χ4v) is 2.58. The van der Waals surface area contributed by atoms with Gasteiger partial charge in [0.25, 0.3) is 0 Å². The summed E-state index contributed by atoms with van der Waals surface area (Å²) in [5.41, 5.74) is 3.69. The van der Waals surface area contributed by atoms with Crippen LogP contribution in [0.3, 0.4) is 0 Å². The molecule has 0 aromatic carbocycles. The van der Waals surface area contributed by atoms with Crippen LogP contribution in [0.15, 0.2) is 40.6 Å². The Morgan fingerprint density at radius 3 is 1.57 bits per heavy atom. The normalized spacial score (nSPS) is 12.3. The summed E-state index contributed by atoms with van der Waals surface area (Å²) < 4.78 is 0. The van der Waals surface area contributed by atoms with Crippen LogP contribution in [0.4, 0.5) is 0 Å². The van der Waals surface area contributed by atoms with Crippen molar-refractivity contribution in [3.8, 4) is 0 Å². The Morgan fingerprint density at radius 2 is 1.39 bits per heavy atom. The van der Waals surface area contributed by atoms with Crippen LogP contribution in [0.2, 0.25) is 0 Å². The van der Waals surface area contributed by atoms with Crippen LogP contribution in [0.5, 0.6) is 0 Å². The lowest BCUT2D eigenvalue weighted by molar-refractivity contribution is 0.496. The van der Waals surface area contributed by atoms with Gasteiger partial charge in [0, 0.05) is 0 Å². The van der Waals surface area contributed by atoms with Crippen molar-refractivity contribution in [2.24, 2.45) is 5.41 Å². The molecule has 1 aliphatic carbocycles. The van der Waals surface area contributed by atoms with E-state index in [2.05, 4.69) is 76.6 Å². The SMILES string of the molecule is C.CC.CC.CC(C)(C)C1=CC=CC1.CC(C)(C)c1ccsc1. The van der Waals surface area contributed by atoms with Gasteiger partial charge in [-0.15, -0.1) is 0 Å². The molecule has 0 spiro atoms. The van der Waals surface area contributed by atoms with Gasteiger partial charge in [-0.25, -0.2) is 0 Å². The monoisotopic (exact) mass is 338 g/mol. The second-order valence-corrected chi connectivity index (χ2v) is 7.62. The maximum absolute atomic E-state index is 2.26. The maximum Gasteiger partial charge on any atom is -0.00559 e. The molecule has 0 aliphatic heterocycles. The molecule has 2 rings (SSSR count). The van der Waals surface area contributed by atoms with E-state index in [0.29, 0.717) is 10.8 Å². The molecule has 0 radical (unpaired) electrons. The van der Waals surface area contributed by atoms with Crippen LogP contribution < -0.4 is 0 Å². The molecule has 1 aliphatic rings. The standard InChI is InChI=1S/C9H14.C8H12S.2C2H6.CH4/c1-9(2,3)8-6-4-5-7-8;1-8(2,3)7-4-5-9-6-7;2*1-2;/h4-6H,7H2,1-3H3;4-6H,1-3H3;2*1-2H3;1H4. The average molecular weight is 339 g/mol. The zero-order valence-corrected chi connectivity index (χ0v) is 17.4. The minimum absolute atomic E-state index is 0. The quantitative estimate of drug-likeness (QED) is 0.444. The van der Waals surface area contributed by atoms with E-state index in [4.69, 9.17) is 0 Å². The first kappa shape index (κ1) is 27.0. The lowest BCUT2D eigenvalue weighted by Crippen LogP contribution is -2.08. The Morgan fingerprint density at radius 1 is 0.870 bits per heavy atom. The highest BCUT2D eigenvalue weighted by atomic mass is 32.1. The summed E-state index contributed by atoms with van der Waals surface area (Å²) in [5, 5.41) is 4.33. The van der Waals surface area contributed by atoms with Crippen LogP contribution in [0.25, 0.3) is 0 Å². The van der Waals surface area contributed by atoms with Crippen molar-refractivity contribution in [1.29, 1.82) is 0 Å². The van der Waals surface area contributed by atoms with Crippen LogP contribution in [-0.4, -0.2) is 0 Å². The van der Waals surface area contributed by atoms with Gasteiger partial charge in [0.1, 0.15) is 0 Å². The van der Waals surface area contributed by atoms with Crippen molar-refractivity contribution in [2.45, 2.75) is 88.5 Å². The predicted octanol–water partition coefficient (Wildman–Crippen LogP) is 8.65. The van der Waals surface area contributed by atoms with E-state index in [0.717, 1.165) is 6.42 Å². The van der Waals surface area contributed by atoms with Gasteiger partial charge in [0.2, 0.25) is 0 Å². The Bertz CT molecular complexity index is 406. The van der Waals surface area contributed by atoms with Gasteiger partial charge in [0.15, 0.2) is 0 Å². The van der Waals surface area contributed by atoms with Crippen molar-refractivity contribution < 1.29 is 0 Å². The summed E-state index contributed by atoms with van der Waals surface area (Å²) in [6, 6.07) is 2.19. The Balaban J connectivity index is -0.000000276. The fourth-order valence-electron chi connectivity index (χ4n) is 1.69. The summed E-state index contributed by atoms with van der Waals surface area (Å²) in [6.45, 7) is 21.5. The Labute approximate surface area is 151 Å². The molecule has 0 nitrogen and oxygen atoms in total. The Hall–Kier alpha value is -0.820. The largest absolute Gasteiger partial charge is 0.152 e. The lowest BCUT2D eigenvalue weighted by atomic mass is 9.86. The minimum Gasteiger partial charge on any atom is -0.152 e. The molecule has 0 saturated heterocycles. The zero-order chi connectivity index (χ0) is 17.8. The van der Waals surface area contributed by atoms with Crippen LogP contribution >= 0.6 is 11.3 Å². The van der Waals surface area contributed by atoms with Gasteiger partial charge >= 0.3 is 0 Å². The second kappa shape index (κ2) is 13.6. The first-order chi connectivity index (χ1) is 10.2. The first-order valence-electron chi connectivity index (χ1n) is 8.60. The molecular formula is C22H42S. The van der Waals surface area contributed by atoms with Crippen LogP contribution in [0, 0.1) is 5.41 Å². The lowest BCUT2D eigenvalue weighted by Gasteiger charge is -2.19. The third-order valence-corrected chi connectivity index (χ3v) is 3.81. The van der Waals surface area contributed by atoms with E-state index < -0.39 is 0 Å². The average Bonchev–Trinajstić information content (AvgIpc) is 3.16. The maximum atomic E-state index is 2.26. The van der Waals surface area contributed by atoms with E-state index in [-0.39, 0.29) is 7.43 Å². The smallest absolute Gasteiger partial charge is 0.00559 e. The Kier molecular flexibility index (Phi) is 16.0. The van der Waals surface area contributed by atoms with Gasteiger partial charge in [-0.2, -0.15) is 11.3 Å². The predicted molar refractivity (Wildman–Crippen MR) is 114 cm³/mol. The molecule has 23 heavy (non-hydrogen) atoms. The van der Waals surface area contributed by atoms with Crippen molar-refractivity contribution in [3.63, 3.8) is 0 Å². The second-order valence-electron chi connectivity index (χ2n) is 6.84. The molecule has 1 aromatic heterocycles. The highest BCUT2D eigenvalue weighted by molar-refractivity contribution is 7.08. The molecule has 0 unspecified atom stereocenters. The number of thiophene rings is 1. The van der Waals surface area contributed by atoms with Gasteiger partial charge in [-0.05, 0) is 39.6 Å². The molecule has 1 heterocycles. The van der Waals surface area contributed by atoms with Crippen molar-refractivity contribution in [3.05, 3.63) is 46.2 Å². The highest BCUT2D eigenvalue weighted by Crippen LogP contribution is 2.30. The fraction of sp³-hybridized carbons (Fsp3) is 0.636. The van der Waals surface area contributed by atoms with E-state index in [9.17, 15) is 0 Å². The number of hydrogen-bond donors (Lipinski definition) is 0. The van der Waals surface area contributed by atoms with Crippen LogP contribution in [-0.2, 0) is 5.41 Å². The first-order valence-corrected chi connectivity index (χ1v) is 9.54. The van der Waals surface area contributed by atoms with Gasteiger partial charge in [-0.3, -0.25) is 0 Å². The zero-order valence-electron chi connectivity index (χ0n) is 16.6. The highest BCUT2D eigenvalue weighted by Gasteiger charge is 2.16. The third-order valence-electron chi connectivity index (χ3n) is 3.12. The molecule has 0 N–H and O–H groups in total. The summed E-state index contributed by atoms with van der Waals surface area (Å²) in [6.07, 6.45) is 7.73.